The molecule has 1 aliphatic rings. The van der Waals surface area contributed by atoms with E-state index in [9.17, 15) is 4.79 Å². The normalized spacial score (nSPS) is 16.4. The summed E-state index contributed by atoms with van der Waals surface area (Å²) in [6, 6.07) is -0.305. The number of aromatic nitrogens is 2. The van der Waals surface area contributed by atoms with E-state index in [1.807, 2.05) is 20.8 Å². The van der Waals surface area contributed by atoms with Gasteiger partial charge in [-0.25, -0.2) is 4.79 Å². The van der Waals surface area contributed by atoms with Gasteiger partial charge >= 0.3 is 6.09 Å². The Labute approximate surface area is 119 Å². The van der Waals surface area contributed by atoms with E-state index in [2.05, 4.69) is 15.5 Å². The maximum Gasteiger partial charge on any atom is 0.407 e. The first-order valence-corrected chi connectivity index (χ1v) is 7.15. The first-order valence-electron chi connectivity index (χ1n) is 7.15. The molecule has 0 spiro atoms. The Morgan fingerprint density at radius 3 is 2.85 bits per heavy atom. The summed E-state index contributed by atoms with van der Waals surface area (Å²) in [6.45, 7) is 5.82. The first kappa shape index (κ1) is 14.8. The number of aryl methyl sites for hydroxylation is 1. The fraction of sp³-hybridized carbons (Fsp3) is 0.714. The van der Waals surface area contributed by atoms with Gasteiger partial charge in [0, 0.05) is 12.2 Å². The molecule has 0 saturated heterocycles. The quantitative estimate of drug-likeness (QED) is 0.787. The molecule has 2 rings (SSSR count). The summed E-state index contributed by atoms with van der Waals surface area (Å²) in [4.78, 5) is 11.6. The number of fused-ring (bicyclic) bond motifs is 1. The zero-order valence-electron chi connectivity index (χ0n) is 12.5. The zero-order valence-corrected chi connectivity index (χ0v) is 12.5. The molecule has 1 unspecified atom stereocenters. The number of carbonyl (C=O) groups excluding carboxylic acids is 1. The second-order valence-electron chi connectivity index (χ2n) is 6.26. The largest absolute Gasteiger partial charge is 0.444 e. The predicted octanol–water partition coefficient (Wildman–Crippen LogP) is 1.81. The Morgan fingerprint density at radius 1 is 1.45 bits per heavy atom. The van der Waals surface area contributed by atoms with Crippen molar-refractivity contribution in [2.45, 2.75) is 58.1 Å². The van der Waals surface area contributed by atoms with Crippen LogP contribution < -0.4 is 11.1 Å². The highest BCUT2D eigenvalue weighted by atomic mass is 16.6. The number of nitrogens with two attached hydrogens (primary N) is 1. The van der Waals surface area contributed by atoms with Crippen molar-refractivity contribution >= 4 is 6.09 Å². The van der Waals surface area contributed by atoms with Crippen LogP contribution >= 0.6 is 0 Å². The van der Waals surface area contributed by atoms with Crippen LogP contribution in [0.2, 0.25) is 0 Å². The van der Waals surface area contributed by atoms with Crippen LogP contribution in [-0.2, 0) is 17.6 Å². The fourth-order valence-electron chi connectivity index (χ4n) is 2.42. The number of aromatic amines is 1. The Morgan fingerprint density at radius 2 is 2.15 bits per heavy atom. The molecular weight excluding hydrogens is 256 g/mol. The average molecular weight is 280 g/mol. The maximum absolute atomic E-state index is 11.6. The van der Waals surface area contributed by atoms with Gasteiger partial charge < -0.3 is 15.8 Å². The molecular formula is C14H24N4O2. The highest BCUT2D eigenvalue weighted by Crippen LogP contribution is 2.24. The summed E-state index contributed by atoms with van der Waals surface area (Å²) < 4.78 is 5.18. The molecule has 1 aromatic heterocycles. The topological polar surface area (TPSA) is 93.0 Å². The van der Waals surface area contributed by atoms with Crippen LogP contribution in [0.1, 0.15) is 56.6 Å². The SMILES string of the molecule is CC(C)(C)OC(=O)NCC(N)c1n[nH]c2c1CCCC2. The van der Waals surface area contributed by atoms with E-state index >= 15 is 0 Å². The van der Waals surface area contributed by atoms with Gasteiger partial charge in [-0.2, -0.15) is 5.10 Å². The van der Waals surface area contributed by atoms with Gasteiger partial charge in [-0.3, -0.25) is 5.10 Å². The minimum absolute atomic E-state index is 0.305. The molecule has 4 N–H and O–H groups in total. The molecule has 1 amide bonds. The number of carbonyl (C=O) groups is 1. The van der Waals surface area contributed by atoms with Crippen molar-refractivity contribution in [2.24, 2.45) is 5.73 Å². The number of alkyl carbamates (subject to hydrolysis) is 1. The van der Waals surface area contributed by atoms with Crippen LogP contribution in [0.3, 0.4) is 0 Å². The lowest BCUT2D eigenvalue weighted by atomic mass is 9.94. The van der Waals surface area contributed by atoms with Gasteiger partial charge in [-0.05, 0) is 52.0 Å². The van der Waals surface area contributed by atoms with E-state index in [-0.39, 0.29) is 6.04 Å². The Balaban J connectivity index is 1.91. The van der Waals surface area contributed by atoms with Crippen molar-refractivity contribution in [3.8, 4) is 0 Å². The lowest BCUT2D eigenvalue weighted by Crippen LogP contribution is -2.37. The lowest BCUT2D eigenvalue weighted by molar-refractivity contribution is 0.0524. The molecule has 0 saturated carbocycles. The summed E-state index contributed by atoms with van der Waals surface area (Å²) in [5.74, 6) is 0. The van der Waals surface area contributed by atoms with Crippen LogP contribution in [0.5, 0.6) is 0 Å². The van der Waals surface area contributed by atoms with Crippen LogP contribution in [-0.4, -0.2) is 28.4 Å². The number of rotatable bonds is 3. The molecule has 6 heteroatoms. The molecule has 0 fully saturated rings. The summed E-state index contributed by atoms with van der Waals surface area (Å²) in [5, 5.41) is 10.1. The number of H-pyrrole nitrogens is 1. The minimum atomic E-state index is -0.500. The zero-order chi connectivity index (χ0) is 14.8. The molecule has 0 bridgehead atoms. The van der Waals surface area contributed by atoms with Crippen LogP contribution in [0, 0.1) is 0 Å². The van der Waals surface area contributed by atoms with E-state index in [1.54, 1.807) is 0 Å². The van der Waals surface area contributed by atoms with Crippen LogP contribution in [0.15, 0.2) is 0 Å². The average Bonchev–Trinajstić information content (AvgIpc) is 2.78. The molecule has 6 nitrogen and oxygen atoms in total. The molecule has 1 aromatic rings. The lowest BCUT2D eigenvalue weighted by Gasteiger charge is -2.21. The Hall–Kier alpha value is -1.56. The van der Waals surface area contributed by atoms with Gasteiger partial charge in [0.2, 0.25) is 0 Å². The highest BCUT2D eigenvalue weighted by molar-refractivity contribution is 5.67. The molecule has 20 heavy (non-hydrogen) atoms. The molecule has 1 heterocycles. The molecule has 0 aliphatic heterocycles. The molecule has 1 aliphatic carbocycles. The Kier molecular flexibility index (Phi) is 4.32. The number of ether oxygens (including phenoxy) is 1. The van der Waals surface area contributed by atoms with Crippen molar-refractivity contribution in [1.82, 2.24) is 15.5 Å². The highest BCUT2D eigenvalue weighted by Gasteiger charge is 2.22. The minimum Gasteiger partial charge on any atom is -0.444 e. The van der Waals surface area contributed by atoms with Gasteiger partial charge in [-0.15, -0.1) is 0 Å². The van der Waals surface area contributed by atoms with Gasteiger partial charge in [0.1, 0.15) is 5.60 Å². The smallest absolute Gasteiger partial charge is 0.407 e. The summed E-state index contributed by atoms with van der Waals surface area (Å²) >= 11 is 0. The van der Waals surface area contributed by atoms with Crippen molar-refractivity contribution < 1.29 is 9.53 Å². The van der Waals surface area contributed by atoms with Gasteiger partial charge in [0.25, 0.3) is 0 Å². The van der Waals surface area contributed by atoms with E-state index in [0.29, 0.717) is 6.54 Å². The van der Waals surface area contributed by atoms with Gasteiger partial charge in [0.15, 0.2) is 0 Å². The van der Waals surface area contributed by atoms with Crippen LogP contribution in [0.25, 0.3) is 0 Å². The van der Waals surface area contributed by atoms with Crippen molar-refractivity contribution in [3.63, 3.8) is 0 Å². The molecule has 1 atom stereocenters. The van der Waals surface area contributed by atoms with Crippen molar-refractivity contribution in [1.29, 1.82) is 0 Å². The van der Waals surface area contributed by atoms with Crippen molar-refractivity contribution in [3.05, 3.63) is 17.0 Å². The number of hydrogen-bond acceptors (Lipinski definition) is 4. The van der Waals surface area contributed by atoms with Crippen molar-refractivity contribution in [2.75, 3.05) is 6.54 Å². The van der Waals surface area contributed by atoms with Gasteiger partial charge in [-0.1, -0.05) is 0 Å². The second-order valence-corrected chi connectivity index (χ2v) is 6.26. The van der Waals surface area contributed by atoms with Crippen LogP contribution in [0.4, 0.5) is 4.79 Å². The van der Waals surface area contributed by atoms with E-state index < -0.39 is 11.7 Å². The van der Waals surface area contributed by atoms with E-state index in [1.165, 1.54) is 24.1 Å². The number of nitrogens with zero attached hydrogens (tertiary/aromatic N) is 1. The summed E-state index contributed by atoms with van der Waals surface area (Å²) in [7, 11) is 0. The summed E-state index contributed by atoms with van der Waals surface area (Å²) in [6.07, 6.45) is 3.97. The summed E-state index contributed by atoms with van der Waals surface area (Å²) in [5.41, 5.74) is 8.92. The van der Waals surface area contributed by atoms with E-state index in [4.69, 9.17) is 10.5 Å². The third-order valence-corrected chi connectivity index (χ3v) is 3.30. The standard InChI is InChI=1S/C14H24N4O2/c1-14(2,3)20-13(19)16-8-10(15)12-9-6-4-5-7-11(9)17-18-12/h10H,4-8,15H2,1-3H3,(H,16,19)(H,17,18). The Bertz CT molecular complexity index is 476. The third kappa shape index (κ3) is 3.72. The predicted molar refractivity (Wildman–Crippen MR) is 76.4 cm³/mol. The third-order valence-electron chi connectivity index (χ3n) is 3.30. The maximum atomic E-state index is 11.6. The number of amides is 1. The molecule has 0 aromatic carbocycles. The second kappa shape index (κ2) is 5.83. The van der Waals surface area contributed by atoms with E-state index in [0.717, 1.165) is 18.5 Å². The van der Waals surface area contributed by atoms with Gasteiger partial charge in [0.05, 0.1) is 11.7 Å². The monoisotopic (exact) mass is 280 g/mol. The molecule has 0 radical (unpaired) electrons. The first-order chi connectivity index (χ1) is 9.37. The number of hydrogen-bond donors (Lipinski definition) is 3. The molecule has 112 valence electrons. The number of nitrogens with one attached hydrogen (secondary N) is 2. The fourth-order valence-corrected chi connectivity index (χ4v) is 2.42.